The number of rotatable bonds is 7. The van der Waals surface area contributed by atoms with Crippen LogP contribution in [0.4, 0.5) is 4.79 Å². The molecule has 3 fully saturated rings. The van der Waals surface area contributed by atoms with Gasteiger partial charge in [-0.15, -0.1) is 0 Å². The van der Waals surface area contributed by atoms with E-state index in [9.17, 15) is 24.0 Å². The average Bonchev–Trinajstić information content (AvgIpc) is 3.01. The van der Waals surface area contributed by atoms with Crippen molar-refractivity contribution < 1.29 is 28.7 Å². The fourth-order valence-corrected chi connectivity index (χ4v) is 5.16. The van der Waals surface area contributed by atoms with E-state index in [0.29, 0.717) is 44.7 Å². The minimum atomic E-state index is -0.946. The number of imide groups is 1. The van der Waals surface area contributed by atoms with Crippen molar-refractivity contribution in [3.05, 3.63) is 0 Å². The molecule has 0 aromatic carbocycles. The minimum Gasteiger partial charge on any atom is -0.454 e. The zero-order valence-corrected chi connectivity index (χ0v) is 19.9. The highest BCUT2D eigenvalue weighted by atomic mass is 16.5. The molecule has 33 heavy (non-hydrogen) atoms. The van der Waals surface area contributed by atoms with Crippen LogP contribution in [0.1, 0.15) is 65.7 Å². The van der Waals surface area contributed by atoms with E-state index in [1.54, 1.807) is 0 Å². The van der Waals surface area contributed by atoms with Gasteiger partial charge < -0.3 is 20.7 Å². The molecule has 0 unspecified atom stereocenters. The van der Waals surface area contributed by atoms with E-state index >= 15 is 0 Å². The largest absolute Gasteiger partial charge is 0.454 e. The van der Waals surface area contributed by atoms with Gasteiger partial charge in [0.25, 0.3) is 11.8 Å². The molecule has 10 heteroatoms. The average molecular weight is 465 g/mol. The first-order chi connectivity index (χ1) is 15.5. The predicted molar refractivity (Wildman–Crippen MR) is 118 cm³/mol. The number of hydrogen-bond acceptors (Lipinski definition) is 6. The lowest BCUT2D eigenvalue weighted by atomic mass is 9.65. The first-order valence-corrected chi connectivity index (χ1v) is 11.9. The summed E-state index contributed by atoms with van der Waals surface area (Å²) in [7, 11) is 0. The molecule has 1 saturated carbocycles. The second-order valence-corrected chi connectivity index (χ2v) is 10.2. The van der Waals surface area contributed by atoms with Crippen molar-refractivity contribution in [3.63, 3.8) is 0 Å². The van der Waals surface area contributed by atoms with Crippen LogP contribution in [0.5, 0.6) is 0 Å². The summed E-state index contributed by atoms with van der Waals surface area (Å²) in [5, 5.41) is 2.81. The summed E-state index contributed by atoms with van der Waals surface area (Å²) in [5.74, 6) is -1.71. The highest BCUT2D eigenvalue weighted by Crippen LogP contribution is 2.45. The molecule has 1 spiro atoms. The fraction of sp³-hybridized carbons (Fsp3) is 0.783. The molecule has 1 aliphatic carbocycles. The number of primary amides is 1. The molecule has 0 atom stereocenters. The summed E-state index contributed by atoms with van der Waals surface area (Å²) >= 11 is 0. The van der Waals surface area contributed by atoms with Gasteiger partial charge in [-0.25, -0.2) is 4.79 Å². The zero-order valence-electron chi connectivity index (χ0n) is 19.9. The first-order valence-electron chi connectivity index (χ1n) is 11.9. The molecule has 3 aliphatic rings. The first kappa shape index (κ1) is 25.0. The van der Waals surface area contributed by atoms with Crippen LogP contribution < -0.4 is 11.1 Å². The molecule has 0 bridgehead atoms. The number of ether oxygens (including phenoxy) is 1. The maximum absolute atomic E-state index is 13.0. The SMILES string of the molecule is CCC(C)(C)C1CCC2(CC1)NC(=O)N(CC(=O)OCC(=O)N1CCC(C(N)=O)CC1)C2=O. The molecule has 5 amide bonds. The van der Waals surface area contributed by atoms with Crippen molar-refractivity contribution in [2.24, 2.45) is 23.0 Å². The fourth-order valence-electron chi connectivity index (χ4n) is 5.16. The van der Waals surface area contributed by atoms with E-state index in [1.807, 2.05) is 0 Å². The van der Waals surface area contributed by atoms with Crippen LogP contribution in [0.25, 0.3) is 0 Å². The summed E-state index contributed by atoms with van der Waals surface area (Å²) in [6, 6.07) is -0.593. The molecule has 0 aromatic heterocycles. The molecule has 2 saturated heterocycles. The van der Waals surface area contributed by atoms with Gasteiger partial charge in [-0.1, -0.05) is 27.2 Å². The number of esters is 1. The van der Waals surface area contributed by atoms with E-state index in [2.05, 4.69) is 26.1 Å². The highest BCUT2D eigenvalue weighted by molar-refractivity contribution is 6.08. The third kappa shape index (κ3) is 5.30. The second-order valence-electron chi connectivity index (χ2n) is 10.2. The predicted octanol–water partition coefficient (Wildman–Crippen LogP) is 1.17. The Labute approximate surface area is 194 Å². The van der Waals surface area contributed by atoms with Crippen molar-refractivity contribution in [1.29, 1.82) is 0 Å². The Hall–Kier alpha value is -2.65. The summed E-state index contributed by atoms with van der Waals surface area (Å²) in [6.45, 7) is 6.37. The van der Waals surface area contributed by atoms with Gasteiger partial charge in [-0.05, 0) is 49.9 Å². The Morgan fingerprint density at radius 2 is 1.73 bits per heavy atom. The van der Waals surface area contributed by atoms with Crippen LogP contribution in [0, 0.1) is 17.3 Å². The molecular formula is C23H36N4O6. The van der Waals surface area contributed by atoms with Crippen LogP contribution in [-0.2, 0) is 23.9 Å². The van der Waals surface area contributed by atoms with Crippen molar-refractivity contribution in [1.82, 2.24) is 15.1 Å². The van der Waals surface area contributed by atoms with Crippen molar-refractivity contribution in [2.45, 2.75) is 71.3 Å². The van der Waals surface area contributed by atoms with Gasteiger partial charge in [0.15, 0.2) is 6.61 Å². The van der Waals surface area contributed by atoms with Crippen molar-refractivity contribution in [2.75, 3.05) is 26.2 Å². The number of carbonyl (C=O) groups is 5. The Morgan fingerprint density at radius 1 is 1.12 bits per heavy atom. The highest BCUT2D eigenvalue weighted by Gasteiger charge is 2.53. The van der Waals surface area contributed by atoms with E-state index < -0.39 is 36.6 Å². The summed E-state index contributed by atoms with van der Waals surface area (Å²) in [4.78, 5) is 63.8. The summed E-state index contributed by atoms with van der Waals surface area (Å²) < 4.78 is 5.05. The number of carbonyl (C=O) groups excluding carboxylic acids is 5. The quantitative estimate of drug-likeness (QED) is 0.428. The van der Waals surface area contributed by atoms with Gasteiger partial charge in [0.05, 0.1) is 0 Å². The topological polar surface area (TPSA) is 139 Å². The smallest absolute Gasteiger partial charge is 0.326 e. The maximum atomic E-state index is 13.0. The van der Waals surface area contributed by atoms with Gasteiger partial charge in [-0.3, -0.25) is 24.1 Å². The lowest BCUT2D eigenvalue weighted by Crippen LogP contribution is -2.51. The summed E-state index contributed by atoms with van der Waals surface area (Å²) in [6.07, 6.45) is 4.79. The van der Waals surface area contributed by atoms with Crippen molar-refractivity contribution in [3.8, 4) is 0 Å². The van der Waals surface area contributed by atoms with E-state index in [0.717, 1.165) is 24.2 Å². The Balaban J connectivity index is 1.48. The van der Waals surface area contributed by atoms with Gasteiger partial charge in [0.2, 0.25) is 5.91 Å². The number of amides is 5. The van der Waals surface area contributed by atoms with Crippen molar-refractivity contribution >= 4 is 29.7 Å². The third-order valence-corrected chi connectivity index (χ3v) is 8.00. The molecule has 0 aromatic rings. The monoisotopic (exact) mass is 464 g/mol. The maximum Gasteiger partial charge on any atom is 0.326 e. The van der Waals surface area contributed by atoms with E-state index in [1.165, 1.54) is 4.90 Å². The van der Waals surface area contributed by atoms with Crippen LogP contribution in [0.15, 0.2) is 0 Å². The summed E-state index contributed by atoms with van der Waals surface area (Å²) in [5.41, 5.74) is 4.53. The van der Waals surface area contributed by atoms with Crippen LogP contribution >= 0.6 is 0 Å². The number of nitrogens with zero attached hydrogens (tertiary/aromatic N) is 2. The molecule has 3 rings (SSSR count). The van der Waals surface area contributed by atoms with E-state index in [4.69, 9.17) is 10.5 Å². The number of nitrogens with two attached hydrogens (primary N) is 1. The third-order valence-electron chi connectivity index (χ3n) is 8.00. The molecule has 2 heterocycles. The van der Waals surface area contributed by atoms with Gasteiger partial charge in [0, 0.05) is 19.0 Å². The normalized spacial score (nSPS) is 26.5. The number of nitrogens with one attached hydrogen (secondary N) is 1. The van der Waals surface area contributed by atoms with Gasteiger partial charge >= 0.3 is 12.0 Å². The lowest BCUT2D eigenvalue weighted by molar-refractivity contribution is -0.154. The number of urea groups is 1. The molecule has 10 nitrogen and oxygen atoms in total. The standard InChI is InChI=1S/C23H36N4O6/c1-4-22(2,3)16-5-9-23(10-6-16)20(31)27(21(32)25-23)13-18(29)33-14-17(28)26-11-7-15(8-12-26)19(24)30/h15-16H,4-14H2,1-3H3,(H2,24,30)(H,25,32). The molecular weight excluding hydrogens is 428 g/mol. The number of hydrogen-bond donors (Lipinski definition) is 2. The van der Waals surface area contributed by atoms with E-state index in [-0.39, 0.29) is 23.1 Å². The Morgan fingerprint density at radius 3 is 2.27 bits per heavy atom. The number of likely N-dealkylation sites (tertiary alicyclic amines) is 1. The van der Waals surface area contributed by atoms with Gasteiger partial charge in [-0.2, -0.15) is 0 Å². The second kappa shape index (κ2) is 9.69. The van der Waals surface area contributed by atoms with Crippen LogP contribution in [0.3, 0.4) is 0 Å². The Kier molecular flexibility index (Phi) is 7.33. The minimum absolute atomic E-state index is 0.179. The zero-order chi connectivity index (χ0) is 24.4. The number of piperidine rings is 1. The molecule has 184 valence electrons. The van der Waals surface area contributed by atoms with Crippen LogP contribution in [0.2, 0.25) is 0 Å². The lowest BCUT2D eigenvalue weighted by Gasteiger charge is -2.42. The molecule has 0 radical (unpaired) electrons. The Bertz CT molecular complexity index is 810. The van der Waals surface area contributed by atoms with Crippen LogP contribution in [-0.4, -0.2) is 71.3 Å². The molecule has 2 aliphatic heterocycles. The van der Waals surface area contributed by atoms with Gasteiger partial charge in [0.1, 0.15) is 12.1 Å². The molecule has 3 N–H and O–H groups in total.